The first kappa shape index (κ1) is 24.4. The van der Waals surface area contributed by atoms with Crippen LogP contribution in [0.3, 0.4) is 0 Å². The van der Waals surface area contributed by atoms with Gasteiger partial charge in [-0.3, -0.25) is 9.78 Å². The van der Waals surface area contributed by atoms with E-state index in [9.17, 15) is 26.4 Å². The minimum Gasteiger partial charge on any atom is -0.406 e. The Morgan fingerprint density at radius 1 is 1.13 bits per heavy atom. The summed E-state index contributed by atoms with van der Waals surface area (Å²) in [7, 11) is -2.72. The van der Waals surface area contributed by atoms with Crippen molar-refractivity contribution in [1.82, 2.24) is 9.29 Å². The van der Waals surface area contributed by atoms with Gasteiger partial charge in [0.15, 0.2) is 0 Å². The fraction of sp³-hybridized carbons (Fsp3) is 0.158. The van der Waals surface area contributed by atoms with Crippen LogP contribution in [0.25, 0.3) is 10.8 Å². The van der Waals surface area contributed by atoms with Crippen LogP contribution < -0.4 is 10.1 Å². The van der Waals surface area contributed by atoms with E-state index < -0.39 is 34.6 Å². The van der Waals surface area contributed by atoms with Gasteiger partial charge < -0.3 is 10.1 Å². The third-order valence-corrected chi connectivity index (χ3v) is 5.93. The van der Waals surface area contributed by atoms with Gasteiger partial charge in [-0.15, -0.1) is 25.6 Å². The van der Waals surface area contributed by atoms with Gasteiger partial charge in [0.1, 0.15) is 5.75 Å². The summed E-state index contributed by atoms with van der Waals surface area (Å²) in [6.45, 7) is -0.495. The summed E-state index contributed by atoms with van der Waals surface area (Å²) < 4.78 is 67.0. The van der Waals surface area contributed by atoms with Crippen LogP contribution in [0.5, 0.6) is 5.75 Å². The molecule has 1 aromatic heterocycles. The molecule has 1 amide bonds. The van der Waals surface area contributed by atoms with Gasteiger partial charge in [-0.2, -0.15) is 4.31 Å². The average molecular weight is 476 g/mol. The van der Waals surface area contributed by atoms with E-state index in [1.807, 2.05) is 0 Å². The zero-order valence-corrected chi connectivity index (χ0v) is 17.6. The lowest BCUT2D eigenvalue weighted by atomic mass is 10.2. The van der Waals surface area contributed by atoms with E-state index in [0.717, 1.165) is 16.4 Å². The van der Waals surface area contributed by atoms with Crippen LogP contribution in [0.15, 0.2) is 65.8 Å². The van der Waals surface area contributed by atoms with Crippen molar-refractivity contribution in [2.45, 2.75) is 11.3 Å². The molecule has 3 aromatic rings. The van der Waals surface area contributed by atoms with Crippen molar-refractivity contribution in [2.75, 3.05) is 18.9 Å². The topological polar surface area (TPSA) is 88.6 Å². The number of amides is 1. The Hall–Kier alpha value is -2.89. The molecule has 3 rings (SSSR count). The molecule has 0 bridgehead atoms. The summed E-state index contributed by atoms with van der Waals surface area (Å²) in [5.41, 5.74) is 0.191. The maximum absolute atomic E-state index is 12.9. The van der Waals surface area contributed by atoms with Crippen LogP contribution in [-0.4, -0.2) is 43.6 Å². The predicted octanol–water partition coefficient (Wildman–Crippen LogP) is 3.81. The number of halogens is 4. The third-order valence-electron chi connectivity index (χ3n) is 4.07. The van der Waals surface area contributed by atoms with Gasteiger partial charge >= 0.3 is 6.36 Å². The van der Waals surface area contributed by atoms with Crippen LogP contribution in [0, 0.1) is 0 Å². The van der Waals surface area contributed by atoms with E-state index in [1.54, 1.807) is 18.2 Å². The molecule has 0 aliphatic heterocycles. The molecular weight excluding hydrogens is 459 g/mol. The summed E-state index contributed by atoms with van der Waals surface area (Å²) in [6.07, 6.45) is -1.81. The van der Waals surface area contributed by atoms with Gasteiger partial charge in [-0.05, 0) is 36.4 Å². The van der Waals surface area contributed by atoms with E-state index in [0.29, 0.717) is 10.8 Å². The zero-order chi connectivity index (χ0) is 21.9. The molecule has 7 nitrogen and oxygen atoms in total. The normalized spacial score (nSPS) is 11.8. The summed E-state index contributed by atoms with van der Waals surface area (Å²) in [4.78, 5) is 16.2. The number of nitrogens with one attached hydrogen (secondary N) is 1. The molecule has 166 valence electrons. The molecule has 0 fully saturated rings. The number of hydrogen-bond acceptors (Lipinski definition) is 5. The Morgan fingerprint density at radius 3 is 2.45 bits per heavy atom. The highest BCUT2D eigenvalue weighted by atomic mass is 35.5. The number of rotatable bonds is 6. The molecule has 0 aliphatic carbocycles. The molecule has 0 saturated heterocycles. The SMILES string of the molecule is CN(CC(=O)Nc1ccc(OC(F)(F)F)cc1)S(=O)(=O)c1cccc2cnccc12.Cl. The molecule has 0 aliphatic rings. The summed E-state index contributed by atoms with van der Waals surface area (Å²) in [5.74, 6) is -1.10. The summed E-state index contributed by atoms with van der Waals surface area (Å²) in [5, 5.41) is 3.54. The third kappa shape index (κ3) is 6.06. The standard InChI is InChI=1S/C19H16F3N3O4S.ClH/c1-25(30(27,28)17-4-2-3-13-11-23-10-9-16(13)17)12-18(26)24-14-5-7-15(8-6-14)29-19(20,21)22;/h2-11H,12H2,1H3,(H,24,26);1H. The van der Waals surface area contributed by atoms with E-state index in [1.165, 1.54) is 37.6 Å². The minimum atomic E-state index is -4.82. The molecule has 0 spiro atoms. The molecule has 31 heavy (non-hydrogen) atoms. The van der Waals surface area contributed by atoms with Gasteiger partial charge in [-0.1, -0.05) is 12.1 Å². The first-order valence-electron chi connectivity index (χ1n) is 8.51. The molecule has 1 heterocycles. The number of likely N-dealkylation sites (N-methyl/N-ethyl adjacent to an activating group) is 1. The van der Waals surface area contributed by atoms with Crippen molar-refractivity contribution < 1.29 is 31.1 Å². The Morgan fingerprint density at radius 2 is 1.81 bits per heavy atom. The number of sulfonamides is 1. The Balaban J connectivity index is 0.00000341. The number of hydrogen-bond donors (Lipinski definition) is 1. The lowest BCUT2D eigenvalue weighted by Gasteiger charge is -2.18. The number of aromatic nitrogens is 1. The maximum Gasteiger partial charge on any atom is 0.573 e. The second-order valence-electron chi connectivity index (χ2n) is 6.23. The highest BCUT2D eigenvalue weighted by Crippen LogP contribution is 2.25. The van der Waals surface area contributed by atoms with E-state index in [2.05, 4.69) is 15.0 Å². The van der Waals surface area contributed by atoms with Crippen molar-refractivity contribution in [3.8, 4) is 5.75 Å². The smallest absolute Gasteiger partial charge is 0.406 e. The molecule has 12 heteroatoms. The van der Waals surface area contributed by atoms with Crippen molar-refractivity contribution in [3.05, 3.63) is 60.9 Å². The monoisotopic (exact) mass is 475 g/mol. The number of carbonyl (C=O) groups excluding carboxylic acids is 1. The van der Waals surface area contributed by atoms with Gasteiger partial charge in [0, 0.05) is 35.9 Å². The Kier molecular flexibility index (Phi) is 7.47. The largest absolute Gasteiger partial charge is 0.573 e. The second kappa shape index (κ2) is 9.50. The first-order chi connectivity index (χ1) is 14.1. The molecule has 1 N–H and O–H groups in total. The number of pyridine rings is 1. The number of nitrogens with zero attached hydrogens (tertiary/aromatic N) is 2. The molecular formula is C19H17ClF3N3O4S. The number of fused-ring (bicyclic) bond motifs is 1. The van der Waals surface area contributed by atoms with Crippen molar-refractivity contribution in [1.29, 1.82) is 0 Å². The Bertz CT molecular complexity index is 1170. The second-order valence-corrected chi connectivity index (χ2v) is 8.25. The number of anilines is 1. The van der Waals surface area contributed by atoms with Crippen LogP contribution in [0.4, 0.5) is 18.9 Å². The number of ether oxygens (including phenoxy) is 1. The first-order valence-corrected chi connectivity index (χ1v) is 9.95. The molecule has 0 unspecified atom stereocenters. The number of alkyl halides is 3. The average Bonchev–Trinajstić information content (AvgIpc) is 2.67. The van der Waals surface area contributed by atoms with Crippen molar-refractivity contribution in [3.63, 3.8) is 0 Å². The molecule has 0 saturated carbocycles. The molecule has 2 aromatic carbocycles. The van der Waals surface area contributed by atoms with Gasteiger partial charge in [-0.25, -0.2) is 8.42 Å². The van der Waals surface area contributed by atoms with Gasteiger partial charge in [0.05, 0.1) is 11.4 Å². The van der Waals surface area contributed by atoms with Crippen LogP contribution >= 0.6 is 12.4 Å². The van der Waals surface area contributed by atoms with Crippen molar-refractivity contribution >= 4 is 44.8 Å². The Labute approximate surface area is 182 Å². The van der Waals surface area contributed by atoms with E-state index >= 15 is 0 Å². The van der Waals surface area contributed by atoms with E-state index in [-0.39, 0.29) is 23.0 Å². The van der Waals surface area contributed by atoms with Crippen LogP contribution in [0.2, 0.25) is 0 Å². The maximum atomic E-state index is 12.9. The van der Waals surface area contributed by atoms with Gasteiger partial charge in [0.2, 0.25) is 15.9 Å². The quantitative estimate of drug-likeness (QED) is 0.585. The van der Waals surface area contributed by atoms with Crippen LogP contribution in [-0.2, 0) is 14.8 Å². The van der Waals surface area contributed by atoms with Crippen molar-refractivity contribution in [2.24, 2.45) is 0 Å². The lowest BCUT2D eigenvalue weighted by Crippen LogP contribution is -2.35. The van der Waals surface area contributed by atoms with Gasteiger partial charge in [0.25, 0.3) is 0 Å². The summed E-state index contributed by atoms with van der Waals surface area (Å²) in [6, 6.07) is 10.8. The summed E-state index contributed by atoms with van der Waals surface area (Å²) >= 11 is 0. The fourth-order valence-corrected chi connectivity index (χ4v) is 4.05. The minimum absolute atomic E-state index is 0. The number of carbonyl (C=O) groups is 1. The van der Waals surface area contributed by atoms with Crippen LogP contribution in [0.1, 0.15) is 0 Å². The lowest BCUT2D eigenvalue weighted by molar-refractivity contribution is -0.274. The fourth-order valence-electron chi connectivity index (χ4n) is 2.71. The van der Waals surface area contributed by atoms with E-state index in [4.69, 9.17) is 0 Å². The molecule has 0 atom stereocenters. The molecule has 0 radical (unpaired) electrons. The highest BCUT2D eigenvalue weighted by molar-refractivity contribution is 7.89. The highest BCUT2D eigenvalue weighted by Gasteiger charge is 2.31. The zero-order valence-electron chi connectivity index (χ0n) is 16.0. The number of benzene rings is 2. The predicted molar refractivity (Wildman–Crippen MR) is 111 cm³/mol.